The molecule has 0 aliphatic carbocycles. The summed E-state index contributed by atoms with van der Waals surface area (Å²) in [5.74, 6) is -0.298. The van der Waals surface area contributed by atoms with Gasteiger partial charge >= 0.3 is 0 Å². The number of rotatable bonds is 3. The average Bonchev–Trinajstić information content (AvgIpc) is 2.88. The second-order valence-corrected chi connectivity index (χ2v) is 9.48. The van der Waals surface area contributed by atoms with Crippen molar-refractivity contribution in [2.24, 2.45) is 12.0 Å². The summed E-state index contributed by atoms with van der Waals surface area (Å²) in [6.45, 7) is 1.99. The molecule has 1 heterocycles. The lowest BCUT2D eigenvalue weighted by molar-refractivity contribution is -0.117. The molecule has 0 aliphatic rings. The van der Waals surface area contributed by atoms with Crippen LogP contribution in [0.25, 0.3) is 10.2 Å². The Kier molecular flexibility index (Phi) is 5.05. The average molecular weight is 409 g/mol. The molecule has 1 amide bonds. The minimum Gasteiger partial charge on any atom is -0.319 e. The van der Waals surface area contributed by atoms with Gasteiger partial charge in [-0.15, -0.1) is 0 Å². The molecule has 0 N–H and O–H groups in total. The van der Waals surface area contributed by atoms with E-state index >= 15 is 0 Å². The van der Waals surface area contributed by atoms with E-state index in [-0.39, 0.29) is 17.2 Å². The van der Waals surface area contributed by atoms with Crippen LogP contribution in [0.4, 0.5) is 0 Å². The molecule has 136 valence electrons. The Morgan fingerprint density at radius 3 is 2.42 bits per heavy atom. The molecule has 0 atom stereocenters. The van der Waals surface area contributed by atoms with Crippen molar-refractivity contribution in [3.8, 4) is 0 Å². The molecule has 5 nitrogen and oxygen atoms in total. The standard InChI is InChI=1S/C18H17ClN2O3S2/c1-11-4-9-14(19)17-16(11)21(2)18(25-17)20-15(22)10-12-5-7-13(8-6-12)26(3,23)24/h4-9H,10H2,1-3H3. The van der Waals surface area contributed by atoms with E-state index in [1.807, 2.05) is 30.7 Å². The van der Waals surface area contributed by atoms with E-state index < -0.39 is 9.84 Å². The number of sulfone groups is 1. The highest BCUT2D eigenvalue weighted by atomic mass is 35.5. The lowest BCUT2D eigenvalue weighted by Crippen LogP contribution is -2.14. The first-order valence-electron chi connectivity index (χ1n) is 7.78. The zero-order chi connectivity index (χ0) is 19.1. The van der Waals surface area contributed by atoms with Crippen LogP contribution in [-0.4, -0.2) is 25.1 Å². The first-order chi connectivity index (χ1) is 12.2. The zero-order valence-corrected chi connectivity index (χ0v) is 16.9. The first-order valence-corrected chi connectivity index (χ1v) is 10.9. The van der Waals surface area contributed by atoms with Crippen LogP contribution in [0.5, 0.6) is 0 Å². The maximum absolute atomic E-state index is 12.3. The van der Waals surface area contributed by atoms with Crippen LogP contribution in [0.2, 0.25) is 5.02 Å². The Morgan fingerprint density at radius 2 is 1.85 bits per heavy atom. The lowest BCUT2D eigenvalue weighted by Gasteiger charge is -2.01. The summed E-state index contributed by atoms with van der Waals surface area (Å²) in [7, 11) is -1.39. The van der Waals surface area contributed by atoms with Crippen molar-refractivity contribution in [2.45, 2.75) is 18.2 Å². The molecule has 0 aliphatic heterocycles. The third-order valence-corrected chi connectivity index (χ3v) is 6.75. The van der Waals surface area contributed by atoms with Crippen molar-refractivity contribution < 1.29 is 13.2 Å². The Morgan fingerprint density at radius 1 is 1.19 bits per heavy atom. The molecule has 3 rings (SSSR count). The van der Waals surface area contributed by atoms with Crippen molar-refractivity contribution >= 4 is 48.9 Å². The number of carbonyl (C=O) groups is 1. The van der Waals surface area contributed by atoms with Gasteiger partial charge in [0.15, 0.2) is 14.6 Å². The van der Waals surface area contributed by atoms with Gasteiger partial charge in [-0.25, -0.2) is 8.42 Å². The van der Waals surface area contributed by atoms with Gasteiger partial charge in [0, 0.05) is 13.3 Å². The fourth-order valence-electron chi connectivity index (χ4n) is 2.69. The molecule has 0 radical (unpaired) electrons. The topological polar surface area (TPSA) is 68.5 Å². The molecule has 8 heteroatoms. The highest BCUT2D eigenvalue weighted by Gasteiger charge is 2.11. The molecule has 0 saturated heterocycles. The number of aryl methyl sites for hydroxylation is 2. The van der Waals surface area contributed by atoms with E-state index in [0.29, 0.717) is 15.4 Å². The van der Waals surface area contributed by atoms with Crippen LogP contribution in [0, 0.1) is 6.92 Å². The number of hydrogen-bond acceptors (Lipinski definition) is 4. The van der Waals surface area contributed by atoms with E-state index in [1.165, 1.54) is 23.5 Å². The molecular formula is C18H17ClN2O3S2. The summed E-state index contributed by atoms with van der Waals surface area (Å²) in [5, 5.41) is 0.636. The number of fused-ring (bicyclic) bond motifs is 1. The number of amides is 1. The SMILES string of the molecule is Cc1ccc(Cl)c2sc(=NC(=O)Cc3ccc(S(C)(=O)=O)cc3)n(C)c12. The Labute approximate surface area is 160 Å². The second kappa shape index (κ2) is 6.98. The maximum Gasteiger partial charge on any atom is 0.252 e. The van der Waals surface area contributed by atoms with Gasteiger partial charge < -0.3 is 4.57 Å². The van der Waals surface area contributed by atoms with Gasteiger partial charge in [-0.1, -0.05) is 41.1 Å². The molecule has 0 spiro atoms. The smallest absolute Gasteiger partial charge is 0.252 e. The van der Waals surface area contributed by atoms with E-state index in [2.05, 4.69) is 4.99 Å². The van der Waals surface area contributed by atoms with Crippen LogP contribution in [0.3, 0.4) is 0 Å². The molecule has 0 saturated carbocycles. The summed E-state index contributed by atoms with van der Waals surface area (Å²) >= 11 is 7.63. The molecule has 0 unspecified atom stereocenters. The van der Waals surface area contributed by atoms with Crippen LogP contribution in [0.15, 0.2) is 46.3 Å². The third-order valence-electron chi connectivity index (χ3n) is 4.03. The quantitative estimate of drug-likeness (QED) is 0.667. The first kappa shape index (κ1) is 18.8. The van der Waals surface area contributed by atoms with Crippen LogP contribution < -0.4 is 4.80 Å². The minimum atomic E-state index is -3.25. The number of nitrogens with zero attached hydrogens (tertiary/aromatic N) is 2. The van der Waals surface area contributed by atoms with Gasteiger partial charge in [0.2, 0.25) is 0 Å². The Balaban J connectivity index is 1.92. The third kappa shape index (κ3) is 3.75. The van der Waals surface area contributed by atoms with Gasteiger partial charge in [-0.3, -0.25) is 4.79 Å². The van der Waals surface area contributed by atoms with Gasteiger partial charge in [0.25, 0.3) is 5.91 Å². The number of thiazole rings is 1. The molecule has 0 fully saturated rings. The molecule has 1 aromatic heterocycles. The molecule has 0 bridgehead atoms. The van der Waals surface area contributed by atoms with E-state index in [9.17, 15) is 13.2 Å². The van der Waals surface area contributed by atoms with Crippen LogP contribution in [-0.2, 0) is 28.1 Å². The van der Waals surface area contributed by atoms with Gasteiger partial charge in [-0.2, -0.15) is 4.99 Å². The second-order valence-electron chi connectivity index (χ2n) is 6.08. The Bertz CT molecular complexity index is 1170. The molecule has 2 aromatic carbocycles. The summed E-state index contributed by atoms with van der Waals surface area (Å²) in [6, 6.07) is 10.0. The molecule has 26 heavy (non-hydrogen) atoms. The summed E-state index contributed by atoms with van der Waals surface area (Å²) in [4.78, 5) is 17.4. The van der Waals surface area contributed by atoms with E-state index in [4.69, 9.17) is 11.6 Å². The maximum atomic E-state index is 12.3. The number of carbonyl (C=O) groups excluding carboxylic acids is 1. The van der Waals surface area contributed by atoms with Crippen molar-refractivity contribution in [1.29, 1.82) is 0 Å². The van der Waals surface area contributed by atoms with Crippen molar-refractivity contribution in [2.75, 3.05) is 6.26 Å². The van der Waals surface area contributed by atoms with Gasteiger partial charge in [-0.05, 0) is 36.2 Å². The van der Waals surface area contributed by atoms with E-state index in [0.717, 1.165) is 22.0 Å². The zero-order valence-electron chi connectivity index (χ0n) is 14.5. The predicted octanol–water partition coefficient (Wildman–Crippen LogP) is 3.28. The molecular weight excluding hydrogens is 392 g/mol. The van der Waals surface area contributed by atoms with Crippen molar-refractivity contribution in [1.82, 2.24) is 4.57 Å². The summed E-state index contributed by atoms with van der Waals surface area (Å²) < 4.78 is 25.7. The largest absolute Gasteiger partial charge is 0.319 e. The van der Waals surface area contributed by atoms with Gasteiger partial charge in [0.1, 0.15) is 0 Å². The van der Waals surface area contributed by atoms with Crippen LogP contribution >= 0.6 is 22.9 Å². The van der Waals surface area contributed by atoms with Crippen molar-refractivity contribution in [3.05, 3.63) is 57.3 Å². The molecule has 3 aromatic rings. The number of hydrogen-bond donors (Lipinski definition) is 0. The number of aromatic nitrogens is 1. The number of benzene rings is 2. The van der Waals surface area contributed by atoms with Crippen LogP contribution in [0.1, 0.15) is 11.1 Å². The number of halogens is 1. The predicted molar refractivity (Wildman–Crippen MR) is 104 cm³/mol. The Hall–Kier alpha value is -1.96. The normalized spacial score (nSPS) is 12.7. The highest BCUT2D eigenvalue weighted by Crippen LogP contribution is 2.28. The lowest BCUT2D eigenvalue weighted by atomic mass is 10.1. The minimum absolute atomic E-state index is 0.102. The highest BCUT2D eigenvalue weighted by molar-refractivity contribution is 7.90. The monoisotopic (exact) mass is 408 g/mol. The summed E-state index contributed by atoms with van der Waals surface area (Å²) in [6.07, 6.45) is 1.25. The van der Waals surface area contributed by atoms with Crippen molar-refractivity contribution in [3.63, 3.8) is 0 Å². The van der Waals surface area contributed by atoms with E-state index in [1.54, 1.807) is 12.1 Å². The van der Waals surface area contributed by atoms with Gasteiger partial charge in [0.05, 0.1) is 26.6 Å². The fraction of sp³-hybridized carbons (Fsp3) is 0.222. The fourth-order valence-corrected chi connectivity index (χ4v) is 4.70. The summed E-state index contributed by atoms with van der Waals surface area (Å²) in [5.41, 5.74) is 2.74.